The minimum Gasteiger partial charge on any atom is -0.352 e. The lowest BCUT2D eigenvalue weighted by molar-refractivity contribution is -0.122. The number of hydrogen-bond donors (Lipinski definition) is 2. The number of pyridine rings is 1. The Morgan fingerprint density at radius 2 is 1.80 bits per heavy atom. The normalized spacial score (nSPS) is 15.0. The molecule has 0 unspecified atom stereocenters. The maximum Gasteiger partial charge on any atom is 0.251 e. The van der Waals surface area contributed by atoms with Crippen LogP contribution in [0.25, 0.3) is 0 Å². The van der Waals surface area contributed by atoms with E-state index in [-0.39, 0.29) is 24.3 Å². The van der Waals surface area contributed by atoms with Gasteiger partial charge in [-0.1, -0.05) is 36.8 Å². The van der Waals surface area contributed by atoms with Gasteiger partial charge in [-0.15, -0.1) is 0 Å². The molecule has 0 saturated heterocycles. The fraction of sp³-hybridized carbons (Fsp3) is 0.350. The lowest BCUT2D eigenvalue weighted by Crippen LogP contribution is -2.38. The maximum absolute atomic E-state index is 12.3. The van der Waals surface area contributed by atoms with Crippen molar-refractivity contribution in [2.45, 2.75) is 31.7 Å². The molecule has 2 amide bonds. The summed E-state index contributed by atoms with van der Waals surface area (Å²) in [6.07, 6.45) is 6.95. The molecule has 5 heteroatoms. The van der Waals surface area contributed by atoms with E-state index in [2.05, 4.69) is 27.8 Å². The summed E-state index contributed by atoms with van der Waals surface area (Å²) < 4.78 is 0. The second kappa shape index (κ2) is 8.42. The minimum absolute atomic E-state index is 0.0317. The SMILES string of the molecule is O=C(CCNC(=O)c1ccncc1)N[C@@H](c1ccccc1)C1CCC1. The third kappa shape index (κ3) is 4.66. The van der Waals surface area contributed by atoms with E-state index in [1.54, 1.807) is 24.5 Å². The molecular formula is C20H23N3O2. The zero-order valence-corrected chi connectivity index (χ0v) is 14.2. The third-order valence-electron chi connectivity index (χ3n) is 4.68. The summed E-state index contributed by atoms with van der Waals surface area (Å²) >= 11 is 0. The number of benzene rings is 1. The summed E-state index contributed by atoms with van der Waals surface area (Å²) in [5, 5.41) is 5.92. The number of hydrogen-bond acceptors (Lipinski definition) is 3. The first kappa shape index (κ1) is 17.1. The molecule has 1 aliphatic carbocycles. The quantitative estimate of drug-likeness (QED) is 0.816. The Balaban J connectivity index is 1.49. The Labute approximate surface area is 147 Å². The van der Waals surface area contributed by atoms with Gasteiger partial charge in [0.15, 0.2) is 0 Å². The van der Waals surface area contributed by atoms with Gasteiger partial charge in [-0.05, 0) is 36.5 Å². The highest BCUT2D eigenvalue weighted by atomic mass is 16.2. The second-order valence-corrected chi connectivity index (χ2v) is 6.39. The molecule has 5 nitrogen and oxygen atoms in total. The topological polar surface area (TPSA) is 71.1 Å². The number of carbonyl (C=O) groups excluding carboxylic acids is 2. The number of carbonyl (C=O) groups is 2. The van der Waals surface area contributed by atoms with E-state index < -0.39 is 0 Å². The van der Waals surface area contributed by atoms with Crippen LogP contribution in [-0.4, -0.2) is 23.3 Å². The van der Waals surface area contributed by atoms with E-state index in [0.717, 1.165) is 18.4 Å². The van der Waals surface area contributed by atoms with Crippen molar-refractivity contribution in [2.75, 3.05) is 6.54 Å². The summed E-state index contributed by atoms with van der Waals surface area (Å²) in [5.41, 5.74) is 1.70. The van der Waals surface area contributed by atoms with Gasteiger partial charge in [0.25, 0.3) is 5.91 Å². The van der Waals surface area contributed by atoms with Crippen molar-refractivity contribution in [3.8, 4) is 0 Å². The average Bonchev–Trinajstić information content (AvgIpc) is 2.61. The fourth-order valence-corrected chi connectivity index (χ4v) is 3.05. The molecule has 1 aromatic heterocycles. The van der Waals surface area contributed by atoms with Crippen LogP contribution in [-0.2, 0) is 4.79 Å². The van der Waals surface area contributed by atoms with Crippen LogP contribution < -0.4 is 10.6 Å². The zero-order valence-electron chi connectivity index (χ0n) is 14.2. The van der Waals surface area contributed by atoms with Crippen LogP contribution in [0, 0.1) is 5.92 Å². The highest BCUT2D eigenvalue weighted by Crippen LogP contribution is 2.37. The lowest BCUT2D eigenvalue weighted by Gasteiger charge is -2.34. The zero-order chi connectivity index (χ0) is 17.5. The fourth-order valence-electron chi connectivity index (χ4n) is 3.05. The van der Waals surface area contributed by atoms with Crippen LogP contribution in [0.3, 0.4) is 0 Å². The van der Waals surface area contributed by atoms with Gasteiger partial charge < -0.3 is 10.6 Å². The maximum atomic E-state index is 12.3. The molecule has 1 atom stereocenters. The molecule has 0 radical (unpaired) electrons. The molecule has 2 aromatic rings. The summed E-state index contributed by atoms with van der Waals surface area (Å²) in [4.78, 5) is 28.2. The van der Waals surface area contributed by atoms with Crippen molar-refractivity contribution in [3.05, 3.63) is 66.0 Å². The van der Waals surface area contributed by atoms with Gasteiger partial charge >= 0.3 is 0 Å². The molecule has 1 aromatic carbocycles. The molecule has 0 aliphatic heterocycles. The summed E-state index contributed by atoms with van der Waals surface area (Å²) in [6, 6.07) is 13.5. The van der Waals surface area contributed by atoms with Gasteiger partial charge in [0.05, 0.1) is 6.04 Å². The smallest absolute Gasteiger partial charge is 0.251 e. The van der Waals surface area contributed by atoms with E-state index >= 15 is 0 Å². The van der Waals surface area contributed by atoms with E-state index in [9.17, 15) is 9.59 Å². The molecule has 2 N–H and O–H groups in total. The predicted octanol–water partition coefficient (Wildman–Crippen LogP) is 2.86. The van der Waals surface area contributed by atoms with Gasteiger partial charge in [0, 0.05) is 30.9 Å². The predicted molar refractivity (Wildman–Crippen MR) is 95.9 cm³/mol. The standard InChI is InChI=1S/C20H23N3O2/c24-18(11-14-22-20(25)17-9-12-21-13-10-17)23-19(16-7-4-8-16)15-5-2-1-3-6-15/h1-3,5-6,9-10,12-13,16,19H,4,7-8,11,14H2,(H,22,25)(H,23,24)/t19-/m0/s1. The van der Waals surface area contributed by atoms with Crippen LogP contribution in [0.5, 0.6) is 0 Å². The monoisotopic (exact) mass is 337 g/mol. The Morgan fingerprint density at radius 3 is 2.44 bits per heavy atom. The van der Waals surface area contributed by atoms with Crippen molar-refractivity contribution < 1.29 is 9.59 Å². The molecule has 3 rings (SSSR count). The Hall–Kier alpha value is -2.69. The van der Waals surface area contributed by atoms with E-state index in [4.69, 9.17) is 0 Å². The number of aromatic nitrogens is 1. The number of nitrogens with one attached hydrogen (secondary N) is 2. The van der Waals surface area contributed by atoms with Crippen molar-refractivity contribution in [2.24, 2.45) is 5.92 Å². The van der Waals surface area contributed by atoms with Gasteiger partial charge in [0.2, 0.25) is 5.91 Å². The lowest BCUT2D eigenvalue weighted by atomic mass is 9.77. The van der Waals surface area contributed by atoms with Gasteiger partial charge in [-0.25, -0.2) is 0 Å². The molecule has 0 bridgehead atoms. The van der Waals surface area contributed by atoms with E-state index in [1.807, 2.05) is 18.2 Å². The number of rotatable bonds is 7. The first-order valence-corrected chi connectivity index (χ1v) is 8.76. The van der Waals surface area contributed by atoms with Crippen molar-refractivity contribution >= 4 is 11.8 Å². The molecule has 1 aliphatic rings. The average molecular weight is 337 g/mol. The van der Waals surface area contributed by atoms with Crippen LogP contribution in [0.2, 0.25) is 0 Å². The molecular weight excluding hydrogens is 314 g/mol. The van der Waals surface area contributed by atoms with Gasteiger partial charge in [-0.3, -0.25) is 14.6 Å². The van der Waals surface area contributed by atoms with Gasteiger partial charge in [-0.2, -0.15) is 0 Å². The highest BCUT2D eigenvalue weighted by molar-refractivity contribution is 5.94. The Kier molecular flexibility index (Phi) is 5.77. The summed E-state index contributed by atoms with van der Waals surface area (Å²) in [7, 11) is 0. The Bertz CT molecular complexity index is 699. The third-order valence-corrected chi connectivity index (χ3v) is 4.68. The molecule has 1 fully saturated rings. The van der Waals surface area contributed by atoms with Crippen molar-refractivity contribution in [1.29, 1.82) is 0 Å². The molecule has 1 heterocycles. The van der Waals surface area contributed by atoms with Crippen molar-refractivity contribution in [1.82, 2.24) is 15.6 Å². The molecule has 25 heavy (non-hydrogen) atoms. The number of nitrogens with zero attached hydrogens (tertiary/aromatic N) is 1. The van der Waals surface area contributed by atoms with Crippen LogP contribution in [0.15, 0.2) is 54.9 Å². The molecule has 1 saturated carbocycles. The van der Waals surface area contributed by atoms with E-state index in [0.29, 0.717) is 18.0 Å². The van der Waals surface area contributed by atoms with Crippen LogP contribution >= 0.6 is 0 Å². The number of amides is 2. The van der Waals surface area contributed by atoms with Crippen LogP contribution in [0.4, 0.5) is 0 Å². The Morgan fingerprint density at radius 1 is 1.08 bits per heavy atom. The van der Waals surface area contributed by atoms with Gasteiger partial charge in [0.1, 0.15) is 0 Å². The van der Waals surface area contributed by atoms with Crippen LogP contribution in [0.1, 0.15) is 47.6 Å². The molecule has 0 spiro atoms. The van der Waals surface area contributed by atoms with E-state index in [1.165, 1.54) is 6.42 Å². The van der Waals surface area contributed by atoms with Crippen molar-refractivity contribution in [3.63, 3.8) is 0 Å². The highest BCUT2D eigenvalue weighted by Gasteiger charge is 2.29. The minimum atomic E-state index is -0.186. The summed E-state index contributed by atoms with van der Waals surface area (Å²) in [6.45, 7) is 0.319. The first-order chi connectivity index (χ1) is 12.2. The summed E-state index contributed by atoms with van der Waals surface area (Å²) in [5.74, 6) is 0.294. The molecule has 130 valence electrons. The second-order valence-electron chi connectivity index (χ2n) is 6.39. The first-order valence-electron chi connectivity index (χ1n) is 8.76. The largest absolute Gasteiger partial charge is 0.352 e.